The van der Waals surface area contributed by atoms with Gasteiger partial charge in [0.05, 0.1) is 4.92 Å². The number of rotatable bonds is 4. The van der Waals surface area contributed by atoms with Gasteiger partial charge in [-0.25, -0.2) is 0 Å². The molecule has 2 aromatic rings. The number of carbonyl (C=O) groups is 1. The molecule has 0 fully saturated rings. The van der Waals surface area contributed by atoms with Crippen LogP contribution in [-0.2, 0) is 6.54 Å². The summed E-state index contributed by atoms with van der Waals surface area (Å²) in [4.78, 5) is 22.1. The highest BCUT2D eigenvalue weighted by molar-refractivity contribution is 5.96. The van der Waals surface area contributed by atoms with E-state index < -0.39 is 4.92 Å². The molecule has 0 aliphatic heterocycles. The van der Waals surface area contributed by atoms with E-state index in [9.17, 15) is 14.9 Å². The molecule has 0 saturated heterocycles. The Labute approximate surface area is 103 Å². The Bertz CT molecular complexity index is 604. The largest absolute Gasteiger partial charge is 0.292 e. The number of hydrogen-bond donors (Lipinski definition) is 0. The maximum atomic E-state index is 12.0. The third-order valence-electron chi connectivity index (χ3n) is 2.60. The van der Waals surface area contributed by atoms with Gasteiger partial charge in [-0.15, -0.1) is 0 Å². The van der Waals surface area contributed by atoms with E-state index in [1.807, 2.05) is 6.92 Å². The number of nitro groups is 1. The van der Waals surface area contributed by atoms with Gasteiger partial charge in [0.25, 0.3) is 5.69 Å². The number of aromatic nitrogens is 2. The summed E-state index contributed by atoms with van der Waals surface area (Å²) < 4.78 is 1.56. The zero-order valence-corrected chi connectivity index (χ0v) is 9.74. The van der Waals surface area contributed by atoms with E-state index in [1.54, 1.807) is 23.0 Å². The fourth-order valence-electron chi connectivity index (χ4n) is 1.58. The van der Waals surface area contributed by atoms with Crippen LogP contribution in [0.5, 0.6) is 0 Å². The van der Waals surface area contributed by atoms with Crippen LogP contribution < -0.4 is 0 Å². The highest BCUT2D eigenvalue weighted by atomic mass is 16.6. The van der Waals surface area contributed by atoms with Crippen molar-refractivity contribution in [1.82, 2.24) is 9.78 Å². The summed E-state index contributed by atoms with van der Waals surface area (Å²) in [5.74, 6) is -0.203. The van der Waals surface area contributed by atoms with Crippen molar-refractivity contribution in [2.75, 3.05) is 0 Å². The number of carbonyl (C=O) groups excluding carboxylic acids is 1. The van der Waals surface area contributed by atoms with Gasteiger partial charge < -0.3 is 0 Å². The van der Waals surface area contributed by atoms with Crippen molar-refractivity contribution in [2.45, 2.75) is 13.5 Å². The lowest BCUT2D eigenvalue weighted by Crippen LogP contribution is -2.12. The van der Waals surface area contributed by atoms with Crippen molar-refractivity contribution >= 4 is 11.5 Å². The molecule has 0 saturated carbocycles. The molecule has 0 aliphatic rings. The molecule has 1 aromatic carbocycles. The van der Waals surface area contributed by atoms with Crippen LogP contribution in [0.4, 0.5) is 5.69 Å². The third-order valence-corrected chi connectivity index (χ3v) is 2.60. The van der Waals surface area contributed by atoms with E-state index in [1.165, 1.54) is 18.2 Å². The molecule has 6 heteroatoms. The van der Waals surface area contributed by atoms with Crippen LogP contribution >= 0.6 is 0 Å². The van der Waals surface area contributed by atoms with Crippen molar-refractivity contribution in [3.05, 3.63) is 57.9 Å². The molecule has 0 atom stereocenters. The number of nitro benzene ring substituents is 1. The van der Waals surface area contributed by atoms with Gasteiger partial charge in [-0.3, -0.25) is 19.6 Å². The van der Waals surface area contributed by atoms with Crippen LogP contribution in [0.1, 0.15) is 16.1 Å². The zero-order chi connectivity index (χ0) is 13.1. The predicted octanol–water partition coefficient (Wildman–Crippen LogP) is 1.98. The van der Waals surface area contributed by atoms with Gasteiger partial charge in [-0.05, 0) is 13.0 Å². The van der Waals surface area contributed by atoms with E-state index in [4.69, 9.17) is 0 Å². The summed E-state index contributed by atoms with van der Waals surface area (Å²) in [5, 5.41) is 14.6. The number of non-ortho nitro benzene ring substituents is 1. The molecule has 0 aliphatic carbocycles. The fraction of sp³-hybridized carbons (Fsp3) is 0.167. The molecule has 92 valence electrons. The lowest BCUT2D eigenvalue weighted by atomic mass is 10.1. The van der Waals surface area contributed by atoms with Crippen molar-refractivity contribution in [3.8, 4) is 0 Å². The number of benzene rings is 1. The second-order valence-corrected chi connectivity index (χ2v) is 3.86. The molecule has 0 amide bonds. The smallest absolute Gasteiger partial charge is 0.270 e. The Morgan fingerprint density at radius 1 is 1.44 bits per heavy atom. The van der Waals surface area contributed by atoms with Crippen molar-refractivity contribution in [2.24, 2.45) is 0 Å². The molecule has 0 bridgehead atoms. The second kappa shape index (κ2) is 4.79. The Balaban J connectivity index is 2.21. The molecule has 0 spiro atoms. The summed E-state index contributed by atoms with van der Waals surface area (Å²) in [6.07, 6.45) is 1.61. The second-order valence-electron chi connectivity index (χ2n) is 3.86. The summed E-state index contributed by atoms with van der Waals surface area (Å²) in [5.41, 5.74) is 1.10. The standard InChI is InChI=1S/C12H11N3O3/c1-9-5-6-13-14(9)8-12(16)10-3-2-4-11(7-10)15(17)18/h2-7H,8H2,1H3. The molecule has 6 nitrogen and oxygen atoms in total. The predicted molar refractivity (Wildman–Crippen MR) is 64.4 cm³/mol. The Kier molecular flexibility index (Phi) is 3.18. The minimum Gasteiger partial charge on any atom is -0.292 e. The quantitative estimate of drug-likeness (QED) is 0.468. The van der Waals surface area contributed by atoms with E-state index in [0.29, 0.717) is 5.56 Å². The number of hydrogen-bond acceptors (Lipinski definition) is 4. The average molecular weight is 245 g/mol. The summed E-state index contributed by atoms with van der Waals surface area (Å²) in [7, 11) is 0. The van der Waals surface area contributed by atoms with Crippen LogP contribution in [0.3, 0.4) is 0 Å². The Hall–Kier alpha value is -2.50. The van der Waals surface area contributed by atoms with E-state index in [2.05, 4.69) is 5.10 Å². The average Bonchev–Trinajstić information content (AvgIpc) is 2.75. The molecular weight excluding hydrogens is 234 g/mol. The lowest BCUT2D eigenvalue weighted by molar-refractivity contribution is -0.384. The number of Topliss-reactive ketones (excluding diaryl/α,β-unsaturated/α-hetero) is 1. The first-order valence-corrected chi connectivity index (χ1v) is 5.34. The first kappa shape index (κ1) is 12.0. The Morgan fingerprint density at radius 3 is 2.83 bits per heavy atom. The molecular formula is C12H11N3O3. The van der Waals surface area contributed by atoms with Crippen LogP contribution in [-0.4, -0.2) is 20.5 Å². The number of aryl methyl sites for hydroxylation is 1. The minimum atomic E-state index is -0.518. The highest BCUT2D eigenvalue weighted by Crippen LogP contribution is 2.14. The third kappa shape index (κ3) is 2.42. The van der Waals surface area contributed by atoms with Crippen molar-refractivity contribution < 1.29 is 9.72 Å². The fourth-order valence-corrected chi connectivity index (χ4v) is 1.58. The SMILES string of the molecule is Cc1ccnn1CC(=O)c1cccc([N+](=O)[O-])c1. The van der Waals surface area contributed by atoms with E-state index in [0.717, 1.165) is 5.69 Å². The van der Waals surface area contributed by atoms with Gasteiger partial charge in [-0.1, -0.05) is 12.1 Å². The van der Waals surface area contributed by atoms with Gasteiger partial charge in [0.15, 0.2) is 5.78 Å². The highest BCUT2D eigenvalue weighted by Gasteiger charge is 2.12. The topological polar surface area (TPSA) is 78.0 Å². The normalized spacial score (nSPS) is 10.3. The van der Waals surface area contributed by atoms with E-state index >= 15 is 0 Å². The van der Waals surface area contributed by atoms with Gasteiger partial charge in [-0.2, -0.15) is 5.10 Å². The molecule has 0 N–H and O–H groups in total. The molecule has 1 heterocycles. The van der Waals surface area contributed by atoms with Gasteiger partial charge in [0.2, 0.25) is 0 Å². The maximum absolute atomic E-state index is 12.0. The van der Waals surface area contributed by atoms with E-state index in [-0.39, 0.29) is 18.0 Å². The summed E-state index contributed by atoms with van der Waals surface area (Å²) in [6.45, 7) is 1.92. The maximum Gasteiger partial charge on any atom is 0.270 e. The lowest BCUT2D eigenvalue weighted by Gasteiger charge is -2.03. The molecule has 0 unspecified atom stereocenters. The Morgan fingerprint density at radius 2 is 2.22 bits per heavy atom. The van der Waals surface area contributed by atoms with Gasteiger partial charge >= 0.3 is 0 Å². The molecule has 0 radical (unpaired) electrons. The van der Waals surface area contributed by atoms with Crippen molar-refractivity contribution in [3.63, 3.8) is 0 Å². The van der Waals surface area contributed by atoms with Crippen LogP contribution in [0, 0.1) is 17.0 Å². The first-order chi connectivity index (χ1) is 8.58. The molecule has 1 aromatic heterocycles. The number of nitrogens with zero attached hydrogens (tertiary/aromatic N) is 3. The van der Waals surface area contributed by atoms with Gasteiger partial charge in [0, 0.05) is 29.6 Å². The molecule has 18 heavy (non-hydrogen) atoms. The minimum absolute atomic E-state index is 0.0833. The molecule has 2 rings (SSSR count). The summed E-state index contributed by atoms with van der Waals surface area (Å²) >= 11 is 0. The van der Waals surface area contributed by atoms with Crippen LogP contribution in [0.15, 0.2) is 36.5 Å². The van der Waals surface area contributed by atoms with Crippen molar-refractivity contribution in [1.29, 1.82) is 0 Å². The number of ketones is 1. The van der Waals surface area contributed by atoms with Crippen LogP contribution in [0.25, 0.3) is 0 Å². The first-order valence-electron chi connectivity index (χ1n) is 5.34. The van der Waals surface area contributed by atoms with Gasteiger partial charge in [0.1, 0.15) is 6.54 Å². The zero-order valence-electron chi connectivity index (χ0n) is 9.74. The monoisotopic (exact) mass is 245 g/mol. The summed E-state index contributed by atoms with van der Waals surface area (Å²) in [6, 6.07) is 7.49. The van der Waals surface area contributed by atoms with Crippen LogP contribution in [0.2, 0.25) is 0 Å².